The molecule has 0 spiro atoms. The zero-order valence-corrected chi connectivity index (χ0v) is 12.8. The molecule has 1 N–H and O–H groups in total. The summed E-state index contributed by atoms with van der Waals surface area (Å²) in [5.74, 6) is 0. The topological polar surface area (TPSA) is 75.7 Å². The van der Waals surface area contributed by atoms with Crippen molar-refractivity contribution < 1.29 is 17.9 Å². The zero-order chi connectivity index (χ0) is 14.6. The number of nitrogens with one attached hydrogen (secondary N) is 1. The Morgan fingerprint density at radius 2 is 1.89 bits per heavy atom. The van der Waals surface area contributed by atoms with Crippen molar-refractivity contribution in [3.63, 3.8) is 0 Å². The molecular weight excluding hydrogens is 256 g/mol. The van der Waals surface area contributed by atoms with Gasteiger partial charge in [-0.05, 0) is 34.1 Å². The summed E-state index contributed by atoms with van der Waals surface area (Å²) in [6.45, 7) is 7.76. The molecule has 0 heterocycles. The van der Waals surface area contributed by atoms with Crippen molar-refractivity contribution >= 4 is 16.1 Å². The fraction of sp³-hybridized carbons (Fsp3) is 0.909. The van der Waals surface area contributed by atoms with Crippen LogP contribution in [0.1, 0.15) is 34.1 Å². The summed E-state index contributed by atoms with van der Waals surface area (Å²) >= 11 is 0. The van der Waals surface area contributed by atoms with Crippen molar-refractivity contribution in [1.29, 1.82) is 0 Å². The first-order valence-electron chi connectivity index (χ1n) is 5.82. The number of hydrogen-bond acceptors (Lipinski definition) is 4. The number of rotatable bonds is 6. The highest BCUT2D eigenvalue weighted by atomic mass is 32.2. The molecule has 6 nitrogen and oxygen atoms in total. The Morgan fingerprint density at radius 1 is 1.39 bits per heavy atom. The molecule has 0 saturated heterocycles. The van der Waals surface area contributed by atoms with Crippen molar-refractivity contribution in [2.24, 2.45) is 0 Å². The number of nitrogens with zero attached hydrogens (tertiary/aromatic N) is 1. The quantitative estimate of drug-likeness (QED) is 0.792. The predicted molar refractivity (Wildman–Crippen MR) is 70.9 cm³/mol. The van der Waals surface area contributed by atoms with Crippen molar-refractivity contribution in [3.05, 3.63) is 0 Å². The Kier molecular flexibility index (Phi) is 6.09. The summed E-state index contributed by atoms with van der Waals surface area (Å²) < 4.78 is 29.6. The summed E-state index contributed by atoms with van der Waals surface area (Å²) in [6.07, 6.45) is 1.22. The number of amides is 1. The normalized spacial score (nSPS) is 12.6. The molecule has 0 bridgehead atoms. The second-order valence-corrected chi connectivity index (χ2v) is 7.01. The molecule has 0 atom stereocenters. The molecule has 0 radical (unpaired) electrons. The van der Waals surface area contributed by atoms with Crippen LogP contribution in [-0.4, -0.2) is 50.9 Å². The summed E-state index contributed by atoms with van der Waals surface area (Å²) in [6, 6.07) is 0.00600. The average Bonchev–Trinajstić information content (AvgIpc) is 2.12. The third-order valence-corrected chi connectivity index (χ3v) is 3.40. The number of ether oxygens (including phenoxy) is 1. The fourth-order valence-corrected chi connectivity index (χ4v) is 2.74. The van der Waals surface area contributed by atoms with Crippen LogP contribution < -0.4 is 4.72 Å². The first-order chi connectivity index (χ1) is 7.98. The van der Waals surface area contributed by atoms with Crippen LogP contribution >= 0.6 is 0 Å². The first kappa shape index (κ1) is 17.2. The van der Waals surface area contributed by atoms with E-state index in [4.69, 9.17) is 0 Å². The average molecular weight is 280 g/mol. The smallest absolute Gasteiger partial charge is 0.409 e. The molecule has 7 heteroatoms. The maximum atomic E-state index is 11.5. The van der Waals surface area contributed by atoms with Gasteiger partial charge in [0.2, 0.25) is 10.0 Å². The minimum absolute atomic E-state index is 0.00600. The van der Waals surface area contributed by atoms with Crippen molar-refractivity contribution in [3.8, 4) is 0 Å². The lowest BCUT2D eigenvalue weighted by molar-refractivity contribution is 0.107. The van der Waals surface area contributed by atoms with E-state index >= 15 is 0 Å². The molecule has 0 aliphatic heterocycles. The van der Waals surface area contributed by atoms with Crippen LogP contribution in [0.25, 0.3) is 0 Å². The van der Waals surface area contributed by atoms with Gasteiger partial charge in [0.15, 0.2) is 0 Å². The standard InChI is InChI=1S/C11H24N2O4S/c1-9(2)13(10(14)17-5)8-7-11(3,4)12-18(6,15)16/h9,12H,7-8H2,1-6H3. The maximum Gasteiger partial charge on any atom is 0.409 e. The number of hydrogen-bond donors (Lipinski definition) is 1. The number of methoxy groups -OCH3 is 1. The Bertz CT molecular complexity index is 377. The Labute approximate surface area is 110 Å². The van der Waals surface area contributed by atoms with E-state index in [1.807, 2.05) is 13.8 Å². The molecule has 0 saturated carbocycles. The van der Waals surface area contributed by atoms with Gasteiger partial charge in [-0.15, -0.1) is 0 Å². The van der Waals surface area contributed by atoms with E-state index in [2.05, 4.69) is 9.46 Å². The van der Waals surface area contributed by atoms with Gasteiger partial charge in [0.05, 0.1) is 13.4 Å². The van der Waals surface area contributed by atoms with Crippen LogP contribution in [-0.2, 0) is 14.8 Å². The minimum Gasteiger partial charge on any atom is -0.453 e. The zero-order valence-electron chi connectivity index (χ0n) is 12.0. The van der Waals surface area contributed by atoms with Gasteiger partial charge < -0.3 is 9.64 Å². The maximum absolute atomic E-state index is 11.5. The molecule has 0 unspecified atom stereocenters. The summed E-state index contributed by atoms with van der Waals surface area (Å²) in [7, 11) is -1.93. The van der Waals surface area contributed by atoms with Crippen LogP contribution in [0.15, 0.2) is 0 Å². The molecule has 1 amide bonds. The molecule has 0 aromatic rings. The lowest BCUT2D eigenvalue weighted by atomic mass is 10.0. The minimum atomic E-state index is -3.26. The summed E-state index contributed by atoms with van der Waals surface area (Å²) in [5.41, 5.74) is -0.602. The molecule has 108 valence electrons. The summed E-state index contributed by atoms with van der Waals surface area (Å²) in [5, 5.41) is 0. The van der Waals surface area contributed by atoms with Gasteiger partial charge in [0.1, 0.15) is 0 Å². The largest absolute Gasteiger partial charge is 0.453 e. The molecule has 18 heavy (non-hydrogen) atoms. The van der Waals surface area contributed by atoms with Gasteiger partial charge in [-0.3, -0.25) is 0 Å². The van der Waals surface area contributed by atoms with Crippen molar-refractivity contribution in [2.45, 2.75) is 45.7 Å². The second kappa shape index (κ2) is 6.38. The molecule has 0 aliphatic carbocycles. The second-order valence-electron chi connectivity index (χ2n) is 5.27. The van der Waals surface area contributed by atoms with E-state index in [0.717, 1.165) is 6.26 Å². The van der Waals surface area contributed by atoms with Gasteiger partial charge >= 0.3 is 6.09 Å². The Hall–Kier alpha value is -0.820. The number of sulfonamides is 1. The SMILES string of the molecule is COC(=O)N(CCC(C)(C)NS(C)(=O)=O)C(C)C. The number of carbonyl (C=O) groups excluding carboxylic acids is 1. The van der Waals surface area contributed by atoms with E-state index in [9.17, 15) is 13.2 Å². The first-order valence-corrected chi connectivity index (χ1v) is 7.71. The molecular formula is C11H24N2O4S. The van der Waals surface area contributed by atoms with Crippen molar-refractivity contribution in [2.75, 3.05) is 19.9 Å². The third kappa shape index (κ3) is 6.80. The van der Waals surface area contributed by atoms with Gasteiger partial charge in [0.25, 0.3) is 0 Å². The Balaban J connectivity index is 4.57. The van der Waals surface area contributed by atoms with Crippen LogP contribution in [0, 0.1) is 0 Å². The van der Waals surface area contributed by atoms with E-state index in [1.54, 1.807) is 18.7 Å². The van der Waals surface area contributed by atoms with Crippen LogP contribution in [0.2, 0.25) is 0 Å². The molecule has 0 aromatic carbocycles. The van der Waals surface area contributed by atoms with E-state index in [1.165, 1.54) is 7.11 Å². The van der Waals surface area contributed by atoms with Gasteiger partial charge in [-0.25, -0.2) is 17.9 Å². The van der Waals surface area contributed by atoms with Gasteiger partial charge in [-0.1, -0.05) is 0 Å². The van der Waals surface area contributed by atoms with Crippen LogP contribution in [0.3, 0.4) is 0 Å². The summed E-state index contributed by atoms with van der Waals surface area (Å²) in [4.78, 5) is 13.1. The van der Waals surface area contributed by atoms with Crippen molar-refractivity contribution in [1.82, 2.24) is 9.62 Å². The monoisotopic (exact) mass is 280 g/mol. The molecule has 0 aromatic heterocycles. The van der Waals surface area contributed by atoms with Gasteiger partial charge in [0, 0.05) is 18.1 Å². The highest BCUT2D eigenvalue weighted by Crippen LogP contribution is 2.13. The lowest BCUT2D eigenvalue weighted by Gasteiger charge is -2.31. The van der Waals surface area contributed by atoms with Gasteiger partial charge in [-0.2, -0.15) is 0 Å². The highest BCUT2D eigenvalue weighted by molar-refractivity contribution is 7.88. The van der Waals surface area contributed by atoms with Crippen LogP contribution in [0.4, 0.5) is 4.79 Å². The Morgan fingerprint density at radius 3 is 2.22 bits per heavy atom. The van der Waals surface area contributed by atoms with E-state index < -0.39 is 21.7 Å². The number of carbonyl (C=O) groups is 1. The highest BCUT2D eigenvalue weighted by Gasteiger charge is 2.25. The molecule has 0 aliphatic rings. The predicted octanol–water partition coefficient (Wildman–Crippen LogP) is 1.18. The van der Waals surface area contributed by atoms with E-state index in [0.29, 0.717) is 13.0 Å². The molecule has 0 rings (SSSR count). The lowest BCUT2D eigenvalue weighted by Crippen LogP contribution is -2.47. The van der Waals surface area contributed by atoms with Crippen LogP contribution in [0.5, 0.6) is 0 Å². The van der Waals surface area contributed by atoms with E-state index in [-0.39, 0.29) is 6.04 Å². The molecule has 0 fully saturated rings. The fourth-order valence-electron chi connectivity index (χ4n) is 1.63. The third-order valence-electron chi connectivity index (χ3n) is 2.47.